The second-order valence-corrected chi connectivity index (χ2v) is 2.65. The summed E-state index contributed by atoms with van der Waals surface area (Å²) >= 11 is 0. The van der Waals surface area contributed by atoms with E-state index in [0.29, 0.717) is 0 Å². The molecule has 0 aliphatic rings. The average molecular weight is 176 g/mol. The Morgan fingerprint density at radius 1 is 0.786 bits per heavy atom. The zero-order chi connectivity index (χ0) is 8.93. The van der Waals surface area contributed by atoms with Gasteiger partial charge in [0.25, 0.3) is 0 Å². The van der Waals surface area contributed by atoms with Crippen molar-refractivity contribution in [1.82, 2.24) is 9.97 Å². The maximum atomic E-state index is 4.18. The number of hydrogen-bond acceptors (Lipinski definition) is 2. The third-order valence-corrected chi connectivity index (χ3v) is 1.67. The second kappa shape index (κ2) is 5.49. The van der Waals surface area contributed by atoms with E-state index in [0.717, 1.165) is 11.4 Å². The van der Waals surface area contributed by atoms with Crippen LogP contribution in [0.4, 0.5) is 0 Å². The van der Waals surface area contributed by atoms with Crippen molar-refractivity contribution in [1.29, 1.82) is 0 Å². The Kier molecular flexibility index (Phi) is 4.25. The molecule has 0 saturated carbocycles. The van der Waals surface area contributed by atoms with Crippen LogP contribution in [0.25, 0.3) is 0 Å². The van der Waals surface area contributed by atoms with Crippen molar-refractivity contribution < 1.29 is 18.9 Å². The predicted molar refractivity (Wildman–Crippen MR) is 51.0 cm³/mol. The molecule has 0 N–H and O–H groups in total. The summed E-state index contributed by atoms with van der Waals surface area (Å²) in [6, 6.07) is 11.6. The number of hydrogen-bond donors (Lipinski definition) is 0. The van der Waals surface area contributed by atoms with Crippen molar-refractivity contribution in [3.8, 4) is 0 Å². The first-order valence-electron chi connectivity index (χ1n) is 4.12. The van der Waals surface area contributed by atoms with Gasteiger partial charge in [-0.3, -0.25) is 9.97 Å². The molecule has 0 aliphatic heterocycles. The van der Waals surface area contributed by atoms with Gasteiger partial charge in [0, 0.05) is 12.4 Å². The van der Waals surface area contributed by atoms with Crippen LogP contribution >= 0.6 is 0 Å². The molecule has 0 radical (unpaired) electrons. The smallest absolute Gasteiger partial charge is 0.283 e. The molecule has 0 spiro atoms. The van der Waals surface area contributed by atoms with Gasteiger partial charge in [-0.05, 0) is 11.4 Å². The summed E-state index contributed by atoms with van der Waals surface area (Å²) in [6.07, 6.45) is 5.49. The van der Waals surface area contributed by atoms with Gasteiger partial charge >= 0.3 is 18.9 Å². The predicted octanol–water partition coefficient (Wildman–Crippen LogP) is -0.919. The third-order valence-electron chi connectivity index (χ3n) is 1.67. The zero-order valence-electron chi connectivity index (χ0n) is 8.09. The molecule has 0 saturated heterocycles. The molecule has 2 nitrogen and oxygen atoms in total. The Morgan fingerprint density at radius 2 is 1.29 bits per heavy atom. The fourth-order valence-corrected chi connectivity index (χ4v) is 1.07. The molecule has 0 amide bonds. The molecule has 64 valence electrons. The maximum Gasteiger partial charge on any atom is 1.00 e. The molecule has 2 aromatic heterocycles. The Hall–Kier alpha value is -1.23. The normalized spacial score (nSPS) is 8.86. The standard InChI is InChI=1S/C11H9N2.Li/c1-3-7-12-10(5-1)9-11-6-2-4-8-13-11;/h1-9H;/q-1;+1. The average Bonchev–Trinajstić information content (AvgIpc) is 2.21. The Morgan fingerprint density at radius 3 is 1.64 bits per heavy atom. The molecular formula is C11H9LiN2. The van der Waals surface area contributed by atoms with E-state index < -0.39 is 0 Å². The minimum Gasteiger partial charge on any atom is -0.283 e. The minimum absolute atomic E-state index is 0. The van der Waals surface area contributed by atoms with E-state index >= 15 is 0 Å². The summed E-state index contributed by atoms with van der Waals surface area (Å²) in [5.74, 6) is 0. The van der Waals surface area contributed by atoms with Crippen molar-refractivity contribution in [2.45, 2.75) is 0 Å². The molecule has 0 bridgehead atoms. The summed E-state index contributed by atoms with van der Waals surface area (Å²) in [5.41, 5.74) is 1.86. The Bertz CT molecular complexity index is 324. The fraction of sp³-hybridized carbons (Fsp3) is 0. The summed E-state index contributed by atoms with van der Waals surface area (Å²) < 4.78 is 0. The number of aromatic nitrogens is 2. The molecule has 3 heteroatoms. The van der Waals surface area contributed by atoms with Gasteiger partial charge in [0.15, 0.2) is 0 Å². The van der Waals surface area contributed by atoms with Gasteiger partial charge in [-0.25, -0.2) is 0 Å². The molecule has 2 rings (SSSR count). The van der Waals surface area contributed by atoms with Gasteiger partial charge in [0.05, 0.1) is 0 Å². The summed E-state index contributed by atoms with van der Waals surface area (Å²) in [4.78, 5) is 8.36. The first-order valence-corrected chi connectivity index (χ1v) is 4.12. The van der Waals surface area contributed by atoms with Crippen LogP contribution in [0.15, 0.2) is 48.8 Å². The van der Waals surface area contributed by atoms with E-state index in [-0.39, 0.29) is 18.9 Å². The molecular weight excluding hydrogens is 167 g/mol. The van der Waals surface area contributed by atoms with Crippen LogP contribution in [0.1, 0.15) is 11.4 Å². The quantitative estimate of drug-likeness (QED) is 0.437. The number of nitrogens with zero attached hydrogens (tertiary/aromatic N) is 2. The number of rotatable bonds is 2. The molecule has 14 heavy (non-hydrogen) atoms. The molecule has 2 heterocycles. The molecule has 2 aromatic rings. The Balaban J connectivity index is 0.000000980. The van der Waals surface area contributed by atoms with Crippen molar-refractivity contribution in [3.05, 3.63) is 66.6 Å². The summed E-state index contributed by atoms with van der Waals surface area (Å²) in [6.45, 7) is 0. The first-order chi connectivity index (χ1) is 6.45. The first kappa shape index (κ1) is 10.8. The van der Waals surface area contributed by atoms with Crippen molar-refractivity contribution in [3.63, 3.8) is 0 Å². The molecule has 0 fully saturated rings. The zero-order valence-corrected chi connectivity index (χ0v) is 8.09. The van der Waals surface area contributed by atoms with Gasteiger partial charge in [-0.2, -0.15) is 0 Å². The van der Waals surface area contributed by atoms with Gasteiger partial charge in [0.2, 0.25) is 0 Å². The Labute approximate surface area is 95.6 Å². The van der Waals surface area contributed by atoms with E-state index in [9.17, 15) is 0 Å². The van der Waals surface area contributed by atoms with Crippen LogP contribution in [0, 0.1) is 6.42 Å². The maximum absolute atomic E-state index is 4.18. The van der Waals surface area contributed by atoms with Crippen LogP contribution in [-0.4, -0.2) is 9.97 Å². The second-order valence-electron chi connectivity index (χ2n) is 2.65. The van der Waals surface area contributed by atoms with Crippen LogP contribution < -0.4 is 18.9 Å². The van der Waals surface area contributed by atoms with E-state index in [2.05, 4.69) is 9.97 Å². The number of pyridine rings is 2. The van der Waals surface area contributed by atoms with Crippen LogP contribution in [0.5, 0.6) is 0 Å². The van der Waals surface area contributed by atoms with Gasteiger partial charge < -0.3 is 0 Å². The van der Waals surface area contributed by atoms with Gasteiger partial charge in [-0.1, -0.05) is 12.1 Å². The minimum atomic E-state index is 0. The van der Waals surface area contributed by atoms with E-state index in [1.54, 1.807) is 12.4 Å². The van der Waals surface area contributed by atoms with E-state index in [1.165, 1.54) is 0 Å². The van der Waals surface area contributed by atoms with E-state index in [4.69, 9.17) is 0 Å². The van der Waals surface area contributed by atoms with Crippen LogP contribution in [0.2, 0.25) is 0 Å². The summed E-state index contributed by atoms with van der Waals surface area (Å²) in [7, 11) is 0. The third kappa shape index (κ3) is 2.92. The van der Waals surface area contributed by atoms with Gasteiger partial charge in [-0.15, -0.1) is 30.7 Å². The molecule has 0 aliphatic carbocycles. The fourth-order valence-electron chi connectivity index (χ4n) is 1.07. The van der Waals surface area contributed by atoms with Crippen molar-refractivity contribution in [2.75, 3.05) is 0 Å². The SMILES string of the molecule is [Li+].c1ccc([CH-]c2ccccn2)nc1. The van der Waals surface area contributed by atoms with Crippen molar-refractivity contribution in [2.24, 2.45) is 0 Å². The molecule has 0 unspecified atom stereocenters. The monoisotopic (exact) mass is 176 g/mol. The molecule has 0 aromatic carbocycles. The van der Waals surface area contributed by atoms with Crippen LogP contribution in [0.3, 0.4) is 0 Å². The molecule has 0 atom stereocenters. The van der Waals surface area contributed by atoms with Crippen LogP contribution in [-0.2, 0) is 0 Å². The topological polar surface area (TPSA) is 25.8 Å². The van der Waals surface area contributed by atoms with Gasteiger partial charge in [0.1, 0.15) is 0 Å². The van der Waals surface area contributed by atoms with E-state index in [1.807, 2.05) is 42.8 Å². The van der Waals surface area contributed by atoms with Crippen molar-refractivity contribution >= 4 is 0 Å². The largest absolute Gasteiger partial charge is 1.00 e. The summed E-state index contributed by atoms with van der Waals surface area (Å²) in [5, 5.41) is 0.